The number of halogens is 1. The van der Waals surface area contributed by atoms with Crippen LogP contribution >= 0.6 is 12.4 Å². The Morgan fingerprint density at radius 3 is 2.33 bits per heavy atom. The molecule has 21 heavy (non-hydrogen) atoms. The van der Waals surface area contributed by atoms with Crippen molar-refractivity contribution in [1.29, 1.82) is 0 Å². The molecule has 0 aromatic rings. The third-order valence-electron chi connectivity index (χ3n) is 3.52. The molecule has 1 fully saturated rings. The molecule has 0 aromatic heterocycles. The average molecular weight is 322 g/mol. The lowest BCUT2D eigenvalue weighted by molar-refractivity contribution is -0.153. The molecular weight excluding hydrogens is 298 g/mol. The van der Waals surface area contributed by atoms with Gasteiger partial charge in [-0.2, -0.15) is 0 Å². The number of ether oxygens (including phenoxy) is 1. The minimum atomic E-state index is -0.961. The molecule has 1 rings (SSSR count). The Hall–Kier alpha value is -1.34. The number of carbonyl (C=O) groups is 3. The van der Waals surface area contributed by atoms with Crippen LogP contribution in [0, 0.1) is 0 Å². The van der Waals surface area contributed by atoms with Crippen molar-refractivity contribution in [2.45, 2.75) is 57.0 Å². The normalized spacial score (nSPS) is 17.4. The molecule has 2 amide bonds. The maximum atomic E-state index is 12.0. The molecule has 0 unspecified atom stereocenters. The van der Waals surface area contributed by atoms with E-state index in [1.54, 1.807) is 6.92 Å². The van der Waals surface area contributed by atoms with Gasteiger partial charge in [0.1, 0.15) is 5.54 Å². The summed E-state index contributed by atoms with van der Waals surface area (Å²) >= 11 is 0. The molecule has 5 N–H and O–H groups in total. The van der Waals surface area contributed by atoms with Crippen LogP contribution in [0.5, 0.6) is 0 Å². The lowest BCUT2D eigenvalue weighted by Crippen LogP contribution is -2.57. The number of nitrogens with one attached hydrogen (secondary N) is 1. The average Bonchev–Trinajstić information content (AvgIpc) is 2.85. The zero-order chi connectivity index (χ0) is 15.2. The van der Waals surface area contributed by atoms with Crippen LogP contribution in [-0.4, -0.2) is 36.0 Å². The van der Waals surface area contributed by atoms with Gasteiger partial charge in [-0.3, -0.25) is 9.59 Å². The van der Waals surface area contributed by atoms with Crippen LogP contribution < -0.4 is 16.8 Å². The van der Waals surface area contributed by atoms with Crippen molar-refractivity contribution >= 4 is 30.2 Å². The van der Waals surface area contributed by atoms with Crippen molar-refractivity contribution in [2.24, 2.45) is 11.5 Å². The van der Waals surface area contributed by atoms with E-state index in [4.69, 9.17) is 16.2 Å². The number of rotatable bonds is 7. The van der Waals surface area contributed by atoms with Gasteiger partial charge in [-0.15, -0.1) is 12.4 Å². The molecule has 7 nitrogen and oxygen atoms in total. The molecule has 1 atom stereocenters. The number of carbonyl (C=O) groups excluding carboxylic acids is 3. The van der Waals surface area contributed by atoms with Gasteiger partial charge in [-0.05, 0) is 26.2 Å². The molecule has 1 aliphatic rings. The van der Waals surface area contributed by atoms with Crippen LogP contribution in [0.1, 0.15) is 45.4 Å². The van der Waals surface area contributed by atoms with Gasteiger partial charge in [0.25, 0.3) is 0 Å². The summed E-state index contributed by atoms with van der Waals surface area (Å²) in [5.74, 6) is -1.36. The molecule has 0 spiro atoms. The molecule has 1 aliphatic carbocycles. The summed E-state index contributed by atoms with van der Waals surface area (Å²) in [7, 11) is 0. The smallest absolute Gasteiger partial charge is 0.331 e. The Bertz CT molecular complexity index is 384. The lowest BCUT2D eigenvalue weighted by Gasteiger charge is -2.29. The zero-order valence-corrected chi connectivity index (χ0v) is 13.0. The van der Waals surface area contributed by atoms with Gasteiger partial charge in [0.15, 0.2) is 0 Å². The molecule has 0 bridgehead atoms. The predicted octanol–water partition coefficient (Wildman–Crippen LogP) is -0.00690. The summed E-state index contributed by atoms with van der Waals surface area (Å²) in [5, 5.41) is 2.71. The maximum Gasteiger partial charge on any atom is 0.331 e. The number of hydrogen-bond donors (Lipinski definition) is 3. The topological polar surface area (TPSA) is 125 Å². The molecule has 8 heteroatoms. The molecular formula is C13H24ClN3O4. The Morgan fingerprint density at radius 1 is 1.29 bits per heavy atom. The third-order valence-corrected chi connectivity index (χ3v) is 3.52. The van der Waals surface area contributed by atoms with Gasteiger partial charge in [0, 0.05) is 6.42 Å². The molecule has 0 aromatic carbocycles. The second kappa shape index (κ2) is 8.84. The van der Waals surface area contributed by atoms with Crippen molar-refractivity contribution in [1.82, 2.24) is 5.32 Å². The fourth-order valence-electron chi connectivity index (χ4n) is 2.39. The van der Waals surface area contributed by atoms with Gasteiger partial charge in [-0.1, -0.05) is 12.8 Å². The molecule has 0 heterocycles. The van der Waals surface area contributed by atoms with Crippen LogP contribution in [-0.2, 0) is 19.1 Å². The Balaban J connectivity index is 0.00000400. The van der Waals surface area contributed by atoms with E-state index in [0.29, 0.717) is 12.8 Å². The largest absolute Gasteiger partial charge is 0.464 e. The Kier molecular flexibility index (Phi) is 8.27. The quantitative estimate of drug-likeness (QED) is 0.569. The van der Waals surface area contributed by atoms with Gasteiger partial charge >= 0.3 is 5.97 Å². The standard InChI is InChI=1S/C13H23N3O4.ClH/c1-2-20-12(19)13(7-3-4-8-13)16-11(18)9(14)5-6-10(15)17;/h9H,2-8,14H2,1H3,(H2,15,17)(H,16,18);1H/t9-;/m0./s1. The van der Waals surface area contributed by atoms with Crippen molar-refractivity contribution in [2.75, 3.05) is 6.61 Å². The fraction of sp³-hybridized carbons (Fsp3) is 0.769. The van der Waals surface area contributed by atoms with Crippen LogP contribution in [0.4, 0.5) is 0 Å². The van der Waals surface area contributed by atoms with Crippen LogP contribution in [0.3, 0.4) is 0 Å². The Morgan fingerprint density at radius 2 is 1.86 bits per heavy atom. The predicted molar refractivity (Wildman–Crippen MR) is 79.6 cm³/mol. The van der Waals surface area contributed by atoms with E-state index >= 15 is 0 Å². The number of nitrogens with two attached hydrogens (primary N) is 2. The van der Waals surface area contributed by atoms with Crippen LogP contribution in [0.25, 0.3) is 0 Å². The highest BCUT2D eigenvalue weighted by Crippen LogP contribution is 2.31. The van der Waals surface area contributed by atoms with E-state index in [0.717, 1.165) is 12.8 Å². The van der Waals surface area contributed by atoms with Crippen LogP contribution in [0.2, 0.25) is 0 Å². The van der Waals surface area contributed by atoms with E-state index in [-0.39, 0.29) is 31.9 Å². The van der Waals surface area contributed by atoms with E-state index in [9.17, 15) is 14.4 Å². The first kappa shape index (κ1) is 19.7. The summed E-state index contributed by atoms with van der Waals surface area (Å²) in [6, 6.07) is -0.852. The number of amides is 2. The van der Waals surface area contributed by atoms with E-state index < -0.39 is 29.4 Å². The van der Waals surface area contributed by atoms with Crippen molar-refractivity contribution in [3.8, 4) is 0 Å². The van der Waals surface area contributed by atoms with Gasteiger partial charge in [-0.25, -0.2) is 4.79 Å². The van der Waals surface area contributed by atoms with E-state index in [1.807, 2.05) is 0 Å². The maximum absolute atomic E-state index is 12.0. The third kappa shape index (κ3) is 5.51. The van der Waals surface area contributed by atoms with Gasteiger partial charge in [0.2, 0.25) is 11.8 Å². The van der Waals surface area contributed by atoms with Gasteiger partial charge < -0.3 is 21.5 Å². The van der Waals surface area contributed by atoms with Crippen molar-refractivity contribution < 1.29 is 19.1 Å². The van der Waals surface area contributed by atoms with Crippen molar-refractivity contribution in [3.05, 3.63) is 0 Å². The summed E-state index contributed by atoms with van der Waals surface area (Å²) in [6.07, 6.45) is 3.03. The zero-order valence-electron chi connectivity index (χ0n) is 12.2. The second-order valence-electron chi connectivity index (χ2n) is 5.11. The molecule has 1 saturated carbocycles. The molecule has 122 valence electrons. The SMILES string of the molecule is CCOC(=O)C1(NC(=O)[C@@H](N)CCC(N)=O)CCCC1.Cl. The minimum absolute atomic E-state index is 0. The second-order valence-corrected chi connectivity index (χ2v) is 5.11. The number of hydrogen-bond acceptors (Lipinski definition) is 5. The highest BCUT2D eigenvalue weighted by molar-refractivity contribution is 5.90. The summed E-state index contributed by atoms with van der Waals surface area (Å²) in [5.41, 5.74) is 9.76. The van der Waals surface area contributed by atoms with E-state index in [2.05, 4.69) is 5.32 Å². The first-order valence-corrected chi connectivity index (χ1v) is 6.94. The Labute approximate surface area is 130 Å². The monoisotopic (exact) mass is 321 g/mol. The minimum Gasteiger partial charge on any atom is -0.464 e. The fourth-order valence-corrected chi connectivity index (χ4v) is 2.39. The first-order chi connectivity index (χ1) is 9.41. The molecule has 0 aliphatic heterocycles. The number of esters is 1. The summed E-state index contributed by atoms with van der Waals surface area (Å²) in [4.78, 5) is 34.8. The molecule has 0 saturated heterocycles. The summed E-state index contributed by atoms with van der Waals surface area (Å²) in [6.45, 7) is 1.99. The van der Waals surface area contributed by atoms with E-state index in [1.165, 1.54) is 0 Å². The highest BCUT2D eigenvalue weighted by Gasteiger charge is 2.44. The number of primary amides is 1. The van der Waals surface area contributed by atoms with Crippen molar-refractivity contribution in [3.63, 3.8) is 0 Å². The molecule has 0 radical (unpaired) electrons. The van der Waals surface area contributed by atoms with Crippen LogP contribution in [0.15, 0.2) is 0 Å². The lowest BCUT2D eigenvalue weighted by atomic mass is 9.96. The summed E-state index contributed by atoms with van der Waals surface area (Å²) < 4.78 is 5.04. The highest BCUT2D eigenvalue weighted by atomic mass is 35.5. The van der Waals surface area contributed by atoms with Gasteiger partial charge in [0.05, 0.1) is 12.6 Å². The first-order valence-electron chi connectivity index (χ1n) is 6.94.